The van der Waals surface area contributed by atoms with Crippen molar-refractivity contribution in [2.45, 2.75) is 50.4 Å². The zero-order chi connectivity index (χ0) is 19.7. The van der Waals surface area contributed by atoms with Crippen LogP contribution in [0.1, 0.15) is 59.8 Å². The van der Waals surface area contributed by atoms with Gasteiger partial charge in [0.05, 0.1) is 0 Å². The van der Waals surface area contributed by atoms with E-state index in [1.165, 1.54) is 60.1 Å². The van der Waals surface area contributed by atoms with Gasteiger partial charge < -0.3 is 0 Å². The normalized spacial score (nSPS) is 27.2. The van der Waals surface area contributed by atoms with Gasteiger partial charge in [0.25, 0.3) is 0 Å². The number of rotatable bonds is 0. The van der Waals surface area contributed by atoms with E-state index in [0.29, 0.717) is 0 Å². The molecule has 0 aliphatic heterocycles. The van der Waals surface area contributed by atoms with E-state index in [0.717, 1.165) is 23.7 Å². The van der Waals surface area contributed by atoms with Crippen molar-refractivity contribution in [3.63, 3.8) is 0 Å². The molecule has 0 spiro atoms. The van der Waals surface area contributed by atoms with Crippen LogP contribution in [0.3, 0.4) is 0 Å². The van der Waals surface area contributed by atoms with Gasteiger partial charge in [-0.25, -0.2) is 0 Å². The molecule has 0 radical (unpaired) electrons. The van der Waals surface area contributed by atoms with Gasteiger partial charge in [-0.15, -0.1) is 0 Å². The van der Waals surface area contributed by atoms with E-state index in [-0.39, 0.29) is 0 Å². The van der Waals surface area contributed by atoms with Crippen molar-refractivity contribution in [2.75, 3.05) is 0 Å². The van der Waals surface area contributed by atoms with E-state index in [2.05, 4.69) is 72.8 Å². The lowest BCUT2D eigenvalue weighted by Crippen LogP contribution is -2.35. The average molecular weight is 389 g/mol. The molecular weight excluding hydrogens is 360 g/mol. The summed E-state index contributed by atoms with van der Waals surface area (Å²) in [7, 11) is 0. The van der Waals surface area contributed by atoms with Crippen molar-refractivity contribution in [1.82, 2.24) is 0 Å². The summed E-state index contributed by atoms with van der Waals surface area (Å²) in [5.41, 5.74) is 6.70. The SMILES string of the molecule is c1ccc2c3c(ccc2c1)CC[C@@H]1C[C@H]2c4c(ccc5ccccc45)CC[C@H]2C[C@@H]31. The van der Waals surface area contributed by atoms with Crippen molar-refractivity contribution in [3.05, 3.63) is 95.1 Å². The summed E-state index contributed by atoms with van der Waals surface area (Å²) in [6.45, 7) is 0. The van der Waals surface area contributed by atoms with Gasteiger partial charge in [0, 0.05) is 0 Å². The van der Waals surface area contributed by atoms with E-state index in [1.54, 1.807) is 22.3 Å². The molecule has 0 bridgehead atoms. The molecule has 30 heavy (non-hydrogen) atoms. The Kier molecular flexibility index (Phi) is 3.68. The van der Waals surface area contributed by atoms with Crippen molar-refractivity contribution in [1.29, 1.82) is 0 Å². The molecule has 0 saturated heterocycles. The molecule has 148 valence electrons. The highest BCUT2D eigenvalue weighted by Gasteiger charge is 2.43. The quantitative estimate of drug-likeness (QED) is 0.288. The minimum atomic E-state index is 0.762. The van der Waals surface area contributed by atoms with Crippen LogP contribution in [-0.2, 0) is 12.8 Å². The van der Waals surface area contributed by atoms with Gasteiger partial charge in [-0.1, -0.05) is 72.8 Å². The summed E-state index contributed by atoms with van der Waals surface area (Å²) in [6.07, 6.45) is 8.05. The van der Waals surface area contributed by atoms with Crippen molar-refractivity contribution >= 4 is 21.5 Å². The zero-order valence-electron chi connectivity index (χ0n) is 17.5. The van der Waals surface area contributed by atoms with Crippen LogP contribution in [0.5, 0.6) is 0 Å². The molecule has 1 saturated carbocycles. The molecule has 4 atom stereocenters. The first kappa shape index (κ1) is 17.1. The first-order valence-corrected chi connectivity index (χ1v) is 11.9. The fraction of sp³-hybridized carbons (Fsp3) is 0.333. The second-order valence-electron chi connectivity index (χ2n) is 10.0. The van der Waals surface area contributed by atoms with Gasteiger partial charge in [-0.3, -0.25) is 0 Å². The molecule has 0 nitrogen and oxygen atoms in total. The molecule has 0 amide bonds. The Balaban J connectivity index is 1.35. The molecule has 0 heterocycles. The first-order valence-electron chi connectivity index (χ1n) is 11.9. The van der Waals surface area contributed by atoms with Crippen LogP contribution in [0, 0.1) is 11.8 Å². The van der Waals surface area contributed by atoms with Gasteiger partial charge in [-0.2, -0.15) is 0 Å². The average Bonchev–Trinajstić information content (AvgIpc) is 2.82. The van der Waals surface area contributed by atoms with Crippen LogP contribution >= 0.6 is 0 Å². The Morgan fingerprint density at radius 1 is 0.500 bits per heavy atom. The third-order valence-electron chi connectivity index (χ3n) is 8.68. The second kappa shape index (κ2) is 6.45. The van der Waals surface area contributed by atoms with Crippen molar-refractivity contribution in [2.24, 2.45) is 11.8 Å². The van der Waals surface area contributed by atoms with Crippen LogP contribution in [-0.4, -0.2) is 0 Å². The molecule has 0 unspecified atom stereocenters. The predicted octanol–water partition coefficient (Wildman–Crippen LogP) is 7.78. The number of fused-ring (bicyclic) bond motifs is 10. The van der Waals surface area contributed by atoms with Crippen LogP contribution in [0.25, 0.3) is 21.5 Å². The van der Waals surface area contributed by atoms with Crippen LogP contribution in [0.15, 0.2) is 72.8 Å². The summed E-state index contributed by atoms with van der Waals surface area (Å²) < 4.78 is 0. The lowest BCUT2D eigenvalue weighted by Gasteiger charge is -2.48. The minimum absolute atomic E-state index is 0.762. The Bertz CT molecular complexity index is 1180. The lowest BCUT2D eigenvalue weighted by atomic mass is 9.57. The standard InChI is InChI=1S/C30H28/c1-3-7-25-19(5-1)9-11-21-13-15-23-18-28-24(17-27(23)29(21)25)16-14-22-12-10-20-6-2-4-8-26(20)30(22)28/h1-12,23-24,27-28H,13-18H2/t23-,24+,27-,28-/m1/s1. The highest BCUT2D eigenvalue weighted by Crippen LogP contribution is 2.57. The fourth-order valence-electron chi connectivity index (χ4n) is 7.39. The minimum Gasteiger partial charge on any atom is -0.0616 e. The molecule has 1 fully saturated rings. The Hall–Kier alpha value is -2.60. The molecular formula is C30H28. The highest BCUT2D eigenvalue weighted by molar-refractivity contribution is 5.89. The highest BCUT2D eigenvalue weighted by atomic mass is 14.5. The number of hydrogen-bond acceptors (Lipinski definition) is 0. The Labute approximate surface area is 178 Å². The van der Waals surface area contributed by atoms with Gasteiger partial charge in [0.2, 0.25) is 0 Å². The fourth-order valence-corrected chi connectivity index (χ4v) is 7.39. The maximum atomic E-state index is 2.43. The molecule has 3 aliphatic carbocycles. The summed E-state index contributed by atoms with van der Waals surface area (Å²) >= 11 is 0. The van der Waals surface area contributed by atoms with Crippen molar-refractivity contribution in [3.8, 4) is 0 Å². The van der Waals surface area contributed by atoms with E-state index in [9.17, 15) is 0 Å². The van der Waals surface area contributed by atoms with Crippen LogP contribution < -0.4 is 0 Å². The first-order chi connectivity index (χ1) is 14.9. The predicted molar refractivity (Wildman–Crippen MR) is 126 cm³/mol. The van der Waals surface area contributed by atoms with E-state index in [4.69, 9.17) is 0 Å². The van der Waals surface area contributed by atoms with Gasteiger partial charge in [0.1, 0.15) is 0 Å². The topological polar surface area (TPSA) is 0 Å². The third kappa shape index (κ3) is 2.40. The van der Waals surface area contributed by atoms with E-state index >= 15 is 0 Å². The third-order valence-corrected chi connectivity index (χ3v) is 8.68. The number of hydrogen-bond donors (Lipinski definition) is 0. The molecule has 0 heteroatoms. The van der Waals surface area contributed by atoms with Gasteiger partial charge >= 0.3 is 0 Å². The molecule has 4 aromatic carbocycles. The molecule has 7 rings (SSSR count). The summed E-state index contributed by atoms with van der Waals surface area (Å²) in [4.78, 5) is 0. The Morgan fingerprint density at radius 3 is 1.47 bits per heavy atom. The summed E-state index contributed by atoms with van der Waals surface area (Å²) in [6, 6.07) is 27.8. The largest absolute Gasteiger partial charge is 0.0616 e. The van der Waals surface area contributed by atoms with E-state index in [1.807, 2.05) is 0 Å². The molecule has 0 N–H and O–H groups in total. The van der Waals surface area contributed by atoms with Gasteiger partial charge in [0.15, 0.2) is 0 Å². The number of aryl methyl sites for hydroxylation is 2. The van der Waals surface area contributed by atoms with Gasteiger partial charge in [-0.05, 0) is 106 Å². The molecule has 3 aliphatic rings. The Morgan fingerprint density at radius 2 is 0.967 bits per heavy atom. The second-order valence-corrected chi connectivity index (χ2v) is 10.0. The smallest absolute Gasteiger partial charge is 0.0122 e. The molecule has 4 aromatic rings. The maximum absolute atomic E-state index is 2.43. The number of benzene rings is 4. The summed E-state index contributed by atoms with van der Waals surface area (Å²) in [5, 5.41) is 5.92. The van der Waals surface area contributed by atoms with Crippen LogP contribution in [0.4, 0.5) is 0 Å². The zero-order valence-corrected chi connectivity index (χ0v) is 17.5. The summed E-state index contributed by atoms with van der Waals surface area (Å²) in [5.74, 6) is 3.21. The lowest BCUT2D eigenvalue weighted by molar-refractivity contribution is 0.171. The monoisotopic (exact) mass is 388 g/mol. The van der Waals surface area contributed by atoms with Crippen molar-refractivity contribution < 1.29 is 0 Å². The maximum Gasteiger partial charge on any atom is -0.0122 e. The molecule has 0 aromatic heterocycles. The van der Waals surface area contributed by atoms with Crippen LogP contribution in [0.2, 0.25) is 0 Å². The van der Waals surface area contributed by atoms with E-state index < -0.39 is 0 Å².